The molecule has 0 aliphatic carbocycles. The summed E-state index contributed by atoms with van der Waals surface area (Å²) in [6, 6.07) is 6.63. The molecular weight excluding hydrogens is 364 g/mol. The number of thiazole rings is 1. The molecule has 0 bridgehead atoms. The number of piperazine rings is 1. The maximum Gasteiger partial charge on any atom is 0.258 e. The van der Waals surface area contributed by atoms with Crippen molar-refractivity contribution in [1.29, 1.82) is 0 Å². The van der Waals surface area contributed by atoms with Gasteiger partial charge in [0, 0.05) is 50.4 Å². The molecule has 1 fully saturated rings. The summed E-state index contributed by atoms with van der Waals surface area (Å²) in [4.78, 5) is 34.0. The van der Waals surface area contributed by atoms with E-state index in [-0.39, 0.29) is 17.2 Å². The van der Waals surface area contributed by atoms with Gasteiger partial charge >= 0.3 is 0 Å². The van der Waals surface area contributed by atoms with Crippen molar-refractivity contribution in [3.63, 3.8) is 0 Å². The zero-order chi connectivity index (χ0) is 19.0. The summed E-state index contributed by atoms with van der Waals surface area (Å²) in [7, 11) is 0. The smallest absolute Gasteiger partial charge is 0.258 e. The van der Waals surface area contributed by atoms with E-state index in [1.807, 2.05) is 12.3 Å². The molecule has 0 radical (unpaired) electrons. The molecule has 0 spiro atoms. The van der Waals surface area contributed by atoms with Gasteiger partial charge in [-0.2, -0.15) is 0 Å². The lowest BCUT2D eigenvalue weighted by Gasteiger charge is -2.34. The summed E-state index contributed by atoms with van der Waals surface area (Å²) in [5, 5.41) is 11.8. The van der Waals surface area contributed by atoms with Crippen molar-refractivity contribution in [3.8, 4) is 5.75 Å². The summed E-state index contributed by atoms with van der Waals surface area (Å²) < 4.78 is 1.54. The average molecular weight is 384 g/mol. The Hall–Kier alpha value is -2.71. The first-order valence-electron chi connectivity index (χ1n) is 8.78. The van der Waals surface area contributed by atoms with E-state index in [4.69, 9.17) is 0 Å². The number of aromatic hydroxyl groups is 1. The second kappa shape index (κ2) is 7.13. The average Bonchev–Trinajstić information content (AvgIpc) is 3.13. The van der Waals surface area contributed by atoms with Gasteiger partial charge in [0.2, 0.25) is 0 Å². The second-order valence-corrected chi connectivity index (χ2v) is 7.60. The van der Waals surface area contributed by atoms with E-state index in [1.54, 1.807) is 39.8 Å². The number of carbonyl (C=O) groups excluding carboxylic acids is 1. The number of hydrogen-bond acceptors (Lipinski definition) is 6. The fourth-order valence-electron chi connectivity index (χ4n) is 3.30. The van der Waals surface area contributed by atoms with Crippen LogP contribution in [0.5, 0.6) is 5.75 Å². The summed E-state index contributed by atoms with van der Waals surface area (Å²) in [5.74, 6) is -0.130. The maximum absolute atomic E-state index is 12.7. The predicted octanol–water partition coefficient (Wildman–Crippen LogP) is 1.73. The Morgan fingerprint density at radius 1 is 1.22 bits per heavy atom. The normalized spacial score (nSPS) is 15.4. The predicted molar refractivity (Wildman–Crippen MR) is 103 cm³/mol. The Kier molecular flexibility index (Phi) is 4.67. The topological polar surface area (TPSA) is 78.2 Å². The molecule has 7 nitrogen and oxygen atoms in total. The lowest BCUT2D eigenvalue weighted by molar-refractivity contribution is 0.0624. The molecule has 3 aromatic rings. The van der Waals surface area contributed by atoms with Crippen LogP contribution in [0.4, 0.5) is 0 Å². The van der Waals surface area contributed by atoms with E-state index < -0.39 is 0 Å². The summed E-state index contributed by atoms with van der Waals surface area (Å²) in [6.45, 7) is 5.03. The first-order valence-corrected chi connectivity index (χ1v) is 9.66. The van der Waals surface area contributed by atoms with E-state index in [2.05, 4.69) is 9.88 Å². The number of hydrogen-bond donors (Lipinski definition) is 1. The minimum Gasteiger partial charge on any atom is -0.507 e. The van der Waals surface area contributed by atoms with Crippen LogP contribution in [0.15, 0.2) is 40.6 Å². The number of phenols is 1. The molecule has 27 heavy (non-hydrogen) atoms. The molecule has 8 heteroatoms. The van der Waals surface area contributed by atoms with E-state index in [1.165, 1.54) is 11.3 Å². The highest BCUT2D eigenvalue weighted by Crippen LogP contribution is 2.21. The van der Waals surface area contributed by atoms with E-state index in [9.17, 15) is 14.7 Å². The maximum atomic E-state index is 12.7. The molecule has 1 aromatic carbocycles. The van der Waals surface area contributed by atoms with Gasteiger partial charge in [-0.1, -0.05) is 11.6 Å². The Labute approximate surface area is 160 Å². The Morgan fingerprint density at radius 3 is 2.78 bits per heavy atom. The zero-order valence-electron chi connectivity index (χ0n) is 15.0. The Bertz CT molecular complexity index is 1050. The third kappa shape index (κ3) is 3.58. The third-order valence-electron chi connectivity index (χ3n) is 4.78. The van der Waals surface area contributed by atoms with Crippen LogP contribution in [0.3, 0.4) is 0 Å². The molecule has 1 aliphatic rings. The van der Waals surface area contributed by atoms with Crippen molar-refractivity contribution in [2.24, 2.45) is 0 Å². The molecule has 4 rings (SSSR count). The lowest BCUT2D eigenvalue weighted by Crippen LogP contribution is -2.48. The van der Waals surface area contributed by atoms with Gasteiger partial charge in [-0.25, -0.2) is 4.98 Å². The van der Waals surface area contributed by atoms with Gasteiger partial charge in [0.25, 0.3) is 11.5 Å². The third-order valence-corrected chi connectivity index (χ3v) is 5.54. The first-order chi connectivity index (χ1) is 13.0. The molecule has 1 amide bonds. The lowest BCUT2D eigenvalue weighted by atomic mass is 10.1. The molecule has 1 N–H and O–H groups in total. The van der Waals surface area contributed by atoms with Gasteiger partial charge in [-0.05, 0) is 19.1 Å². The molecule has 140 valence electrons. The minimum atomic E-state index is -0.146. The van der Waals surface area contributed by atoms with Gasteiger partial charge in [-0.3, -0.25) is 18.9 Å². The highest BCUT2D eigenvalue weighted by molar-refractivity contribution is 7.15. The largest absolute Gasteiger partial charge is 0.507 e. The molecular formula is C19H20N4O3S. The van der Waals surface area contributed by atoms with Crippen LogP contribution in [-0.2, 0) is 6.54 Å². The quantitative estimate of drug-likeness (QED) is 0.744. The monoisotopic (exact) mass is 384 g/mol. The second-order valence-electron chi connectivity index (χ2n) is 6.73. The van der Waals surface area contributed by atoms with Crippen molar-refractivity contribution in [1.82, 2.24) is 19.2 Å². The van der Waals surface area contributed by atoms with Crippen LogP contribution in [0.1, 0.15) is 21.6 Å². The van der Waals surface area contributed by atoms with Gasteiger partial charge in [0.1, 0.15) is 5.75 Å². The van der Waals surface area contributed by atoms with Crippen LogP contribution in [0.25, 0.3) is 4.96 Å². The van der Waals surface area contributed by atoms with Gasteiger partial charge in [-0.15, -0.1) is 11.3 Å². The summed E-state index contributed by atoms with van der Waals surface area (Å²) >= 11 is 1.44. The van der Waals surface area contributed by atoms with Crippen LogP contribution < -0.4 is 5.56 Å². The van der Waals surface area contributed by atoms with Gasteiger partial charge in [0.05, 0.1) is 11.3 Å². The van der Waals surface area contributed by atoms with Crippen LogP contribution >= 0.6 is 11.3 Å². The van der Waals surface area contributed by atoms with Crippen molar-refractivity contribution < 1.29 is 9.90 Å². The highest BCUT2D eigenvalue weighted by atomic mass is 32.1. The zero-order valence-corrected chi connectivity index (χ0v) is 15.8. The van der Waals surface area contributed by atoms with Crippen molar-refractivity contribution in [2.75, 3.05) is 26.2 Å². The molecule has 0 saturated carbocycles. The number of fused-ring (bicyclic) bond motifs is 1. The first kappa shape index (κ1) is 17.7. The van der Waals surface area contributed by atoms with Gasteiger partial charge in [0.15, 0.2) is 4.96 Å². The van der Waals surface area contributed by atoms with Crippen LogP contribution in [-0.4, -0.2) is 56.4 Å². The summed E-state index contributed by atoms with van der Waals surface area (Å²) in [6.07, 6.45) is 1.73. The molecule has 2 aromatic heterocycles. The Morgan fingerprint density at radius 2 is 2.00 bits per heavy atom. The number of aryl methyl sites for hydroxylation is 1. The van der Waals surface area contributed by atoms with E-state index >= 15 is 0 Å². The number of amides is 1. The number of carbonyl (C=O) groups is 1. The van der Waals surface area contributed by atoms with Gasteiger partial charge < -0.3 is 10.0 Å². The molecule has 3 heterocycles. The van der Waals surface area contributed by atoms with E-state index in [0.717, 1.165) is 11.3 Å². The number of phenolic OH excluding ortho intramolecular Hbond substituents is 1. The van der Waals surface area contributed by atoms with Crippen molar-refractivity contribution in [3.05, 3.63) is 63.0 Å². The van der Waals surface area contributed by atoms with Crippen molar-refractivity contribution in [2.45, 2.75) is 13.5 Å². The number of benzene rings is 1. The molecule has 1 aliphatic heterocycles. The number of aromatic nitrogens is 2. The van der Waals surface area contributed by atoms with Crippen LogP contribution in [0, 0.1) is 6.92 Å². The summed E-state index contributed by atoms with van der Waals surface area (Å²) in [5.41, 5.74) is 1.97. The standard InChI is InChI=1S/C19H20N4O3S/c1-13-2-3-16(24)15(10-13)18(26)22-6-4-21(5-7-22)12-14-11-17(25)23-8-9-27-19(23)20-14/h2-3,8-11,24H,4-7,12H2,1H3. The molecule has 0 unspecified atom stereocenters. The minimum absolute atomic E-state index is 0.0157. The fraction of sp³-hybridized carbons (Fsp3) is 0.316. The van der Waals surface area contributed by atoms with Crippen LogP contribution in [0.2, 0.25) is 0 Å². The number of nitrogens with zero attached hydrogens (tertiary/aromatic N) is 4. The molecule has 1 saturated heterocycles. The van der Waals surface area contributed by atoms with Crippen molar-refractivity contribution >= 4 is 22.2 Å². The highest BCUT2D eigenvalue weighted by Gasteiger charge is 2.24. The SMILES string of the molecule is Cc1ccc(O)c(C(=O)N2CCN(Cc3cc(=O)n4ccsc4n3)CC2)c1. The van der Waals surface area contributed by atoms with E-state index in [0.29, 0.717) is 43.2 Å². The number of rotatable bonds is 3. The Balaban J connectivity index is 1.41. The molecule has 0 atom stereocenters. The fourth-order valence-corrected chi connectivity index (χ4v) is 4.04.